The highest BCUT2D eigenvalue weighted by Gasteiger charge is 2.27. The Morgan fingerprint density at radius 1 is 1.04 bits per heavy atom. The lowest BCUT2D eigenvalue weighted by Crippen LogP contribution is -2.46. The molecule has 0 bridgehead atoms. The molecule has 0 unspecified atom stereocenters. The van der Waals surface area contributed by atoms with E-state index in [-0.39, 0.29) is 0 Å². The van der Waals surface area contributed by atoms with Crippen LogP contribution < -0.4 is 0 Å². The third kappa shape index (κ3) is 4.95. The molecule has 1 aliphatic heterocycles. The Kier molecular flexibility index (Phi) is 6.38. The molecule has 23 heavy (non-hydrogen) atoms. The lowest BCUT2D eigenvalue weighted by Gasteiger charge is -2.37. The number of likely N-dealkylation sites (N-methyl/N-ethyl adjacent to an activating group) is 1. The van der Waals surface area contributed by atoms with Crippen LogP contribution in [0.1, 0.15) is 50.0 Å². The Balaban J connectivity index is 1.75. The van der Waals surface area contributed by atoms with Gasteiger partial charge in [0.05, 0.1) is 0 Å². The van der Waals surface area contributed by atoms with Crippen LogP contribution in [0.4, 0.5) is 0 Å². The van der Waals surface area contributed by atoms with E-state index >= 15 is 0 Å². The van der Waals surface area contributed by atoms with Crippen LogP contribution >= 0.6 is 11.6 Å². The number of hydrogen-bond acceptors (Lipinski definition) is 2. The predicted molar refractivity (Wildman–Crippen MR) is 99.3 cm³/mol. The van der Waals surface area contributed by atoms with Gasteiger partial charge in [0.2, 0.25) is 0 Å². The molecule has 1 heterocycles. The molecule has 2 fully saturated rings. The highest BCUT2D eigenvalue weighted by molar-refractivity contribution is 6.30. The highest BCUT2D eigenvalue weighted by atomic mass is 35.5. The first kappa shape index (κ1) is 17.3. The summed E-state index contributed by atoms with van der Waals surface area (Å²) in [6, 6.07) is 8.65. The Bertz CT molecular complexity index is 474. The van der Waals surface area contributed by atoms with Gasteiger partial charge in [0.1, 0.15) is 0 Å². The average Bonchev–Trinajstić information content (AvgIpc) is 2.83. The van der Waals surface area contributed by atoms with E-state index in [2.05, 4.69) is 35.0 Å². The van der Waals surface area contributed by atoms with Gasteiger partial charge in [-0.05, 0) is 49.4 Å². The predicted octanol–water partition coefficient (Wildman–Crippen LogP) is 4.64. The van der Waals surface area contributed by atoms with Crippen molar-refractivity contribution < 1.29 is 0 Å². The van der Waals surface area contributed by atoms with Crippen LogP contribution in [0.15, 0.2) is 24.3 Å². The summed E-state index contributed by atoms with van der Waals surface area (Å²) < 4.78 is 0. The lowest BCUT2D eigenvalue weighted by molar-refractivity contribution is 0.135. The van der Waals surface area contributed by atoms with Crippen LogP contribution in [0.25, 0.3) is 0 Å². The summed E-state index contributed by atoms with van der Waals surface area (Å²) in [6.07, 6.45) is 8.45. The Hall–Kier alpha value is -0.570. The summed E-state index contributed by atoms with van der Waals surface area (Å²) in [4.78, 5) is 5.12. The van der Waals surface area contributed by atoms with Gasteiger partial charge >= 0.3 is 0 Å². The van der Waals surface area contributed by atoms with Crippen molar-refractivity contribution in [1.82, 2.24) is 9.80 Å². The Labute approximate surface area is 146 Å². The minimum Gasteiger partial charge on any atom is -0.304 e. The second-order valence-corrected chi connectivity index (χ2v) is 7.95. The fourth-order valence-corrected chi connectivity index (χ4v) is 4.48. The van der Waals surface area contributed by atoms with E-state index in [0.29, 0.717) is 5.92 Å². The van der Waals surface area contributed by atoms with E-state index in [4.69, 9.17) is 11.6 Å². The molecule has 0 amide bonds. The minimum absolute atomic E-state index is 0.648. The van der Waals surface area contributed by atoms with E-state index in [0.717, 1.165) is 10.9 Å². The summed E-state index contributed by atoms with van der Waals surface area (Å²) in [5.41, 5.74) is 1.46. The first-order valence-corrected chi connectivity index (χ1v) is 9.76. The van der Waals surface area contributed by atoms with Crippen molar-refractivity contribution in [1.29, 1.82) is 0 Å². The molecule has 2 nitrogen and oxygen atoms in total. The number of hydrogen-bond donors (Lipinski definition) is 0. The molecular formula is C20H31ClN2. The molecule has 1 aliphatic carbocycles. The molecule has 1 atom stereocenters. The van der Waals surface area contributed by atoms with Gasteiger partial charge in [-0.3, -0.25) is 0 Å². The SMILES string of the molecule is CN1CCN(C[C@@H](c2cccc(Cl)c2)C2CCCCCC2)CC1. The average molecular weight is 335 g/mol. The van der Waals surface area contributed by atoms with Crippen molar-refractivity contribution >= 4 is 11.6 Å². The zero-order valence-electron chi connectivity index (χ0n) is 14.5. The van der Waals surface area contributed by atoms with Gasteiger partial charge in [-0.15, -0.1) is 0 Å². The molecule has 1 aromatic rings. The molecule has 2 aliphatic rings. The maximum Gasteiger partial charge on any atom is 0.0408 e. The van der Waals surface area contributed by atoms with Gasteiger partial charge in [-0.2, -0.15) is 0 Å². The summed E-state index contributed by atoms with van der Waals surface area (Å²) in [5, 5.41) is 0.888. The van der Waals surface area contributed by atoms with Crippen LogP contribution in [-0.4, -0.2) is 49.6 Å². The number of benzene rings is 1. The number of piperazine rings is 1. The summed E-state index contributed by atoms with van der Waals surface area (Å²) in [5.74, 6) is 1.48. The first-order valence-electron chi connectivity index (χ1n) is 9.39. The summed E-state index contributed by atoms with van der Waals surface area (Å²) >= 11 is 6.30. The quantitative estimate of drug-likeness (QED) is 0.740. The highest BCUT2D eigenvalue weighted by Crippen LogP contribution is 2.36. The van der Waals surface area contributed by atoms with Crippen LogP contribution in [0.2, 0.25) is 5.02 Å². The maximum absolute atomic E-state index is 6.30. The summed E-state index contributed by atoms with van der Waals surface area (Å²) in [7, 11) is 2.23. The molecule has 3 heteroatoms. The fourth-order valence-electron chi connectivity index (χ4n) is 4.29. The van der Waals surface area contributed by atoms with Gasteiger partial charge in [0, 0.05) is 37.7 Å². The van der Waals surface area contributed by atoms with Crippen molar-refractivity contribution in [2.45, 2.75) is 44.4 Å². The fraction of sp³-hybridized carbons (Fsp3) is 0.700. The second-order valence-electron chi connectivity index (χ2n) is 7.52. The van der Waals surface area contributed by atoms with E-state index < -0.39 is 0 Å². The van der Waals surface area contributed by atoms with Gasteiger partial charge in [-0.1, -0.05) is 49.4 Å². The molecule has 0 aromatic heterocycles. The van der Waals surface area contributed by atoms with Crippen LogP contribution in [-0.2, 0) is 0 Å². The molecule has 1 saturated carbocycles. The lowest BCUT2D eigenvalue weighted by atomic mass is 9.81. The molecule has 0 N–H and O–H groups in total. The Morgan fingerprint density at radius 2 is 1.74 bits per heavy atom. The standard InChI is InChI=1S/C20H31ClN2/c1-22-11-13-23(14-12-22)16-20(17-7-4-2-3-5-8-17)18-9-6-10-19(21)15-18/h6,9-10,15,17,20H,2-5,7-8,11-14,16H2,1H3/t20-/m1/s1. The zero-order valence-corrected chi connectivity index (χ0v) is 15.3. The van der Waals surface area contributed by atoms with E-state index in [1.54, 1.807) is 0 Å². The van der Waals surface area contributed by atoms with Crippen molar-refractivity contribution in [3.63, 3.8) is 0 Å². The minimum atomic E-state index is 0.648. The van der Waals surface area contributed by atoms with Gasteiger partial charge in [-0.25, -0.2) is 0 Å². The molecular weight excluding hydrogens is 304 g/mol. The van der Waals surface area contributed by atoms with Crippen LogP contribution in [0.3, 0.4) is 0 Å². The third-order valence-corrected chi connectivity index (χ3v) is 6.03. The van der Waals surface area contributed by atoms with Gasteiger partial charge in [0.25, 0.3) is 0 Å². The second kappa shape index (κ2) is 8.50. The number of nitrogens with zero attached hydrogens (tertiary/aromatic N) is 2. The molecule has 1 saturated heterocycles. The molecule has 0 radical (unpaired) electrons. The monoisotopic (exact) mass is 334 g/mol. The smallest absolute Gasteiger partial charge is 0.0408 e. The maximum atomic E-state index is 6.30. The van der Waals surface area contributed by atoms with E-state index in [1.165, 1.54) is 76.8 Å². The third-order valence-electron chi connectivity index (χ3n) is 5.80. The number of halogens is 1. The number of rotatable bonds is 4. The van der Waals surface area contributed by atoms with E-state index in [9.17, 15) is 0 Å². The van der Waals surface area contributed by atoms with E-state index in [1.807, 2.05) is 6.07 Å². The molecule has 3 rings (SSSR count). The molecule has 128 valence electrons. The largest absolute Gasteiger partial charge is 0.304 e. The summed E-state index contributed by atoms with van der Waals surface area (Å²) in [6.45, 7) is 6.03. The van der Waals surface area contributed by atoms with Crippen LogP contribution in [0.5, 0.6) is 0 Å². The van der Waals surface area contributed by atoms with Gasteiger partial charge in [0.15, 0.2) is 0 Å². The van der Waals surface area contributed by atoms with Gasteiger partial charge < -0.3 is 9.80 Å². The van der Waals surface area contributed by atoms with Crippen molar-refractivity contribution in [2.24, 2.45) is 5.92 Å². The van der Waals surface area contributed by atoms with Crippen molar-refractivity contribution in [3.05, 3.63) is 34.9 Å². The normalized spacial score (nSPS) is 23.6. The topological polar surface area (TPSA) is 6.48 Å². The molecule has 1 aromatic carbocycles. The van der Waals surface area contributed by atoms with Crippen molar-refractivity contribution in [3.8, 4) is 0 Å². The zero-order chi connectivity index (χ0) is 16.1. The first-order chi connectivity index (χ1) is 11.2. The molecule has 0 spiro atoms. The Morgan fingerprint density at radius 3 is 2.39 bits per heavy atom. The van der Waals surface area contributed by atoms with Crippen LogP contribution in [0, 0.1) is 5.92 Å². The van der Waals surface area contributed by atoms with Crippen molar-refractivity contribution in [2.75, 3.05) is 39.8 Å².